The van der Waals surface area contributed by atoms with Gasteiger partial charge in [-0.1, -0.05) is 42.5 Å². The Bertz CT molecular complexity index is 919. The Morgan fingerprint density at radius 3 is 2.35 bits per heavy atom. The van der Waals surface area contributed by atoms with E-state index >= 15 is 0 Å². The molecule has 4 rings (SSSR count). The third kappa shape index (κ3) is 1.58. The SMILES string of the molecule is Nc1ccccc1-c1ccc2[nH]c3ccccc3c2c1. The zero-order valence-electron chi connectivity index (χ0n) is 10.9. The highest BCUT2D eigenvalue weighted by Gasteiger charge is 2.07. The zero-order chi connectivity index (χ0) is 13.5. The number of fused-ring (bicyclic) bond motifs is 3. The van der Waals surface area contributed by atoms with Gasteiger partial charge in [-0.3, -0.25) is 0 Å². The number of aromatic nitrogens is 1. The number of nitrogen functional groups attached to an aromatic ring is 1. The van der Waals surface area contributed by atoms with Crippen molar-refractivity contribution in [1.82, 2.24) is 4.98 Å². The summed E-state index contributed by atoms with van der Waals surface area (Å²) in [6.45, 7) is 0. The van der Waals surface area contributed by atoms with E-state index in [1.54, 1.807) is 0 Å². The van der Waals surface area contributed by atoms with Gasteiger partial charge in [-0.25, -0.2) is 0 Å². The van der Waals surface area contributed by atoms with E-state index in [1.807, 2.05) is 24.3 Å². The lowest BCUT2D eigenvalue weighted by Gasteiger charge is -2.05. The second-order valence-electron chi connectivity index (χ2n) is 5.02. The molecular formula is C18H14N2. The monoisotopic (exact) mass is 258 g/mol. The highest BCUT2D eigenvalue weighted by Crippen LogP contribution is 2.32. The largest absolute Gasteiger partial charge is 0.398 e. The lowest BCUT2D eigenvalue weighted by atomic mass is 10.0. The van der Waals surface area contributed by atoms with Gasteiger partial charge < -0.3 is 10.7 Å². The summed E-state index contributed by atoms with van der Waals surface area (Å²) in [6, 6.07) is 22.8. The number of rotatable bonds is 1. The van der Waals surface area contributed by atoms with E-state index in [9.17, 15) is 0 Å². The van der Waals surface area contributed by atoms with Crippen LogP contribution in [-0.2, 0) is 0 Å². The van der Waals surface area contributed by atoms with Crippen LogP contribution >= 0.6 is 0 Å². The van der Waals surface area contributed by atoms with Crippen LogP contribution in [0.1, 0.15) is 0 Å². The first kappa shape index (κ1) is 11.1. The molecule has 0 unspecified atom stereocenters. The van der Waals surface area contributed by atoms with Gasteiger partial charge in [-0.15, -0.1) is 0 Å². The molecule has 0 fully saturated rings. The number of para-hydroxylation sites is 2. The molecule has 2 heteroatoms. The number of hydrogen-bond donors (Lipinski definition) is 2. The Balaban J connectivity index is 2.03. The fraction of sp³-hybridized carbons (Fsp3) is 0. The summed E-state index contributed by atoms with van der Waals surface area (Å²) >= 11 is 0. The summed E-state index contributed by atoms with van der Waals surface area (Å²) in [5.41, 5.74) is 11.4. The maximum atomic E-state index is 6.08. The second-order valence-corrected chi connectivity index (χ2v) is 5.02. The van der Waals surface area contributed by atoms with Gasteiger partial charge in [-0.2, -0.15) is 0 Å². The summed E-state index contributed by atoms with van der Waals surface area (Å²) in [7, 11) is 0. The zero-order valence-corrected chi connectivity index (χ0v) is 10.9. The van der Waals surface area contributed by atoms with E-state index in [0.29, 0.717) is 0 Å². The van der Waals surface area contributed by atoms with Crippen LogP contribution < -0.4 is 5.73 Å². The lowest BCUT2D eigenvalue weighted by molar-refractivity contribution is 1.54. The summed E-state index contributed by atoms with van der Waals surface area (Å²) < 4.78 is 0. The molecular weight excluding hydrogens is 244 g/mol. The highest BCUT2D eigenvalue weighted by molar-refractivity contribution is 6.08. The van der Waals surface area contributed by atoms with Crippen LogP contribution in [0.2, 0.25) is 0 Å². The Morgan fingerprint density at radius 2 is 1.45 bits per heavy atom. The normalized spacial score (nSPS) is 11.2. The molecule has 0 bridgehead atoms. The molecule has 1 heterocycles. The average molecular weight is 258 g/mol. The van der Waals surface area contributed by atoms with Crippen LogP contribution in [0.25, 0.3) is 32.9 Å². The molecule has 4 aromatic rings. The molecule has 3 aromatic carbocycles. The first-order chi connectivity index (χ1) is 9.83. The molecule has 0 radical (unpaired) electrons. The fourth-order valence-electron chi connectivity index (χ4n) is 2.78. The van der Waals surface area contributed by atoms with Crippen molar-refractivity contribution in [2.75, 3.05) is 5.73 Å². The van der Waals surface area contributed by atoms with Crippen LogP contribution in [0.3, 0.4) is 0 Å². The number of nitrogens with two attached hydrogens (primary N) is 1. The second kappa shape index (κ2) is 4.14. The van der Waals surface area contributed by atoms with Crippen molar-refractivity contribution in [2.45, 2.75) is 0 Å². The highest BCUT2D eigenvalue weighted by atomic mass is 14.7. The number of hydrogen-bond acceptors (Lipinski definition) is 1. The van der Waals surface area contributed by atoms with Gasteiger partial charge in [0.1, 0.15) is 0 Å². The third-order valence-electron chi connectivity index (χ3n) is 3.78. The van der Waals surface area contributed by atoms with E-state index in [2.05, 4.69) is 47.4 Å². The maximum Gasteiger partial charge on any atom is 0.0465 e. The molecule has 1 aromatic heterocycles. The minimum absolute atomic E-state index is 0.812. The van der Waals surface area contributed by atoms with Crippen molar-refractivity contribution in [1.29, 1.82) is 0 Å². The summed E-state index contributed by atoms with van der Waals surface area (Å²) in [4.78, 5) is 3.44. The number of H-pyrrole nitrogens is 1. The summed E-state index contributed by atoms with van der Waals surface area (Å²) in [6.07, 6.45) is 0. The first-order valence-corrected chi connectivity index (χ1v) is 6.68. The molecule has 2 nitrogen and oxygen atoms in total. The van der Waals surface area contributed by atoms with Gasteiger partial charge in [0.25, 0.3) is 0 Å². The molecule has 0 aliphatic carbocycles. The Morgan fingerprint density at radius 1 is 0.700 bits per heavy atom. The fourth-order valence-corrected chi connectivity index (χ4v) is 2.78. The van der Waals surface area contributed by atoms with Crippen LogP contribution in [0.15, 0.2) is 66.7 Å². The molecule has 96 valence electrons. The summed E-state index contributed by atoms with van der Waals surface area (Å²) in [5.74, 6) is 0. The summed E-state index contributed by atoms with van der Waals surface area (Å²) in [5, 5.41) is 2.49. The van der Waals surface area contributed by atoms with Crippen molar-refractivity contribution in [3.05, 3.63) is 66.7 Å². The van der Waals surface area contributed by atoms with Crippen molar-refractivity contribution in [3.8, 4) is 11.1 Å². The van der Waals surface area contributed by atoms with Crippen LogP contribution in [0, 0.1) is 0 Å². The van der Waals surface area contributed by atoms with Gasteiger partial charge >= 0.3 is 0 Å². The molecule has 0 amide bonds. The first-order valence-electron chi connectivity index (χ1n) is 6.68. The molecule has 3 N–H and O–H groups in total. The van der Waals surface area contributed by atoms with Crippen molar-refractivity contribution < 1.29 is 0 Å². The van der Waals surface area contributed by atoms with E-state index < -0.39 is 0 Å². The van der Waals surface area contributed by atoms with E-state index in [4.69, 9.17) is 5.73 Å². The van der Waals surface area contributed by atoms with Gasteiger partial charge in [0.05, 0.1) is 0 Å². The van der Waals surface area contributed by atoms with Gasteiger partial charge in [-0.05, 0) is 29.8 Å². The topological polar surface area (TPSA) is 41.8 Å². The Hall–Kier alpha value is -2.74. The molecule has 0 saturated heterocycles. The predicted octanol–water partition coefficient (Wildman–Crippen LogP) is 4.57. The quantitative estimate of drug-likeness (QED) is 0.482. The molecule has 0 aliphatic rings. The third-order valence-corrected chi connectivity index (χ3v) is 3.78. The number of benzene rings is 3. The van der Waals surface area contributed by atoms with E-state index in [0.717, 1.165) is 22.3 Å². The standard InChI is InChI=1S/C18H14N2/c19-16-7-3-1-5-13(16)12-9-10-18-15(11-12)14-6-2-4-8-17(14)20-18/h1-11,20H,19H2. The average Bonchev–Trinajstić information content (AvgIpc) is 2.85. The minimum Gasteiger partial charge on any atom is -0.398 e. The Labute approximate surface area is 116 Å². The number of anilines is 1. The smallest absolute Gasteiger partial charge is 0.0465 e. The predicted molar refractivity (Wildman–Crippen MR) is 85.7 cm³/mol. The van der Waals surface area contributed by atoms with Crippen LogP contribution in [-0.4, -0.2) is 4.98 Å². The van der Waals surface area contributed by atoms with Gasteiger partial charge in [0.15, 0.2) is 0 Å². The van der Waals surface area contributed by atoms with Gasteiger partial charge in [0, 0.05) is 33.1 Å². The number of nitrogens with one attached hydrogen (secondary N) is 1. The van der Waals surface area contributed by atoms with E-state index in [1.165, 1.54) is 16.3 Å². The molecule has 20 heavy (non-hydrogen) atoms. The lowest BCUT2D eigenvalue weighted by Crippen LogP contribution is -1.88. The van der Waals surface area contributed by atoms with Crippen LogP contribution in [0.4, 0.5) is 5.69 Å². The van der Waals surface area contributed by atoms with Crippen molar-refractivity contribution >= 4 is 27.5 Å². The molecule has 0 aliphatic heterocycles. The van der Waals surface area contributed by atoms with Crippen molar-refractivity contribution in [3.63, 3.8) is 0 Å². The molecule has 0 saturated carbocycles. The maximum absolute atomic E-state index is 6.08. The molecule has 0 spiro atoms. The minimum atomic E-state index is 0.812. The van der Waals surface area contributed by atoms with Gasteiger partial charge in [0.2, 0.25) is 0 Å². The van der Waals surface area contributed by atoms with E-state index in [-0.39, 0.29) is 0 Å². The van der Waals surface area contributed by atoms with Crippen LogP contribution in [0.5, 0.6) is 0 Å². The van der Waals surface area contributed by atoms with Crippen molar-refractivity contribution in [2.24, 2.45) is 0 Å². The Kier molecular flexibility index (Phi) is 2.30. The number of aromatic amines is 1. The molecule has 0 atom stereocenters.